The molecule has 1 unspecified atom stereocenters. The molecule has 96 valence electrons. The van der Waals surface area contributed by atoms with Crippen molar-refractivity contribution >= 4 is 11.5 Å². The van der Waals surface area contributed by atoms with Crippen LogP contribution in [0.2, 0.25) is 0 Å². The third kappa shape index (κ3) is 4.21. The number of rotatable bonds is 8. The molecule has 1 atom stereocenters. The smallest absolute Gasteiger partial charge is 0.0829 e. The Kier molecular flexibility index (Phi) is 6.37. The van der Waals surface area contributed by atoms with Gasteiger partial charge in [0.1, 0.15) is 0 Å². The Balaban J connectivity index is 2.73. The van der Waals surface area contributed by atoms with Crippen LogP contribution in [-0.2, 0) is 0 Å². The Morgan fingerprint density at radius 3 is 2.82 bits per heavy atom. The fourth-order valence-corrected chi connectivity index (χ4v) is 2.80. The minimum Gasteiger partial charge on any atom is -0.309 e. The van der Waals surface area contributed by atoms with E-state index < -0.39 is 0 Å². The zero-order chi connectivity index (χ0) is 12.7. The summed E-state index contributed by atoms with van der Waals surface area (Å²) in [6.45, 7) is 11.2. The highest BCUT2D eigenvalue weighted by Gasteiger charge is 2.19. The van der Waals surface area contributed by atoms with E-state index in [2.05, 4.69) is 42.3 Å². The Morgan fingerprint density at radius 1 is 1.47 bits per heavy atom. The largest absolute Gasteiger partial charge is 0.309 e. The zero-order valence-electron chi connectivity index (χ0n) is 11.1. The minimum atomic E-state index is 0.400. The molecule has 4 heteroatoms. The van der Waals surface area contributed by atoms with Gasteiger partial charge in [0.25, 0.3) is 0 Å². The van der Waals surface area contributed by atoms with Crippen LogP contribution in [0.1, 0.15) is 62.6 Å². The minimum absolute atomic E-state index is 0.400. The molecule has 0 saturated carbocycles. The van der Waals surface area contributed by atoms with E-state index in [1.54, 1.807) is 0 Å². The van der Waals surface area contributed by atoms with Crippen molar-refractivity contribution in [1.29, 1.82) is 0 Å². The second kappa shape index (κ2) is 7.56. The third-order valence-electron chi connectivity index (χ3n) is 2.76. The van der Waals surface area contributed by atoms with Gasteiger partial charge >= 0.3 is 0 Å². The molecule has 1 aromatic heterocycles. The number of nitrogens with zero attached hydrogens (tertiary/aromatic N) is 2. The van der Waals surface area contributed by atoms with Crippen LogP contribution in [0.5, 0.6) is 0 Å². The summed E-state index contributed by atoms with van der Waals surface area (Å²) in [6.07, 6.45) is 5.35. The second-order valence-corrected chi connectivity index (χ2v) is 5.29. The highest BCUT2D eigenvalue weighted by Crippen LogP contribution is 2.29. The van der Waals surface area contributed by atoms with Crippen molar-refractivity contribution < 1.29 is 0 Å². The van der Waals surface area contributed by atoms with E-state index in [-0.39, 0.29) is 0 Å². The second-order valence-electron chi connectivity index (χ2n) is 4.51. The number of nitrogens with one attached hydrogen (secondary N) is 1. The first kappa shape index (κ1) is 14.3. The lowest BCUT2D eigenvalue weighted by molar-refractivity contribution is 0.501. The van der Waals surface area contributed by atoms with E-state index in [0.717, 1.165) is 31.5 Å². The average molecular weight is 253 g/mol. The summed E-state index contributed by atoms with van der Waals surface area (Å²) in [5.74, 6) is 0.448. The normalized spacial score (nSPS) is 12.9. The van der Waals surface area contributed by atoms with Crippen LogP contribution in [0, 0.1) is 0 Å². The molecule has 1 N–H and O–H groups in total. The van der Waals surface area contributed by atoms with E-state index in [9.17, 15) is 0 Å². The summed E-state index contributed by atoms with van der Waals surface area (Å²) in [5, 5.41) is 7.79. The molecule has 1 aromatic rings. The molecule has 0 amide bonds. The topological polar surface area (TPSA) is 37.8 Å². The Labute approximate surface area is 108 Å². The SMILES string of the molecule is C=CCCCC(NCC)c1snnc1C(C)C. The lowest BCUT2D eigenvalue weighted by atomic mass is 10.0. The first-order valence-electron chi connectivity index (χ1n) is 6.37. The predicted octanol–water partition coefficient (Wildman–Crippen LogP) is 3.67. The summed E-state index contributed by atoms with van der Waals surface area (Å²) < 4.78 is 4.11. The van der Waals surface area contributed by atoms with Crippen molar-refractivity contribution in [2.45, 2.75) is 52.0 Å². The zero-order valence-corrected chi connectivity index (χ0v) is 11.9. The van der Waals surface area contributed by atoms with E-state index in [4.69, 9.17) is 0 Å². The monoisotopic (exact) mass is 253 g/mol. The van der Waals surface area contributed by atoms with E-state index >= 15 is 0 Å². The van der Waals surface area contributed by atoms with Gasteiger partial charge in [0.15, 0.2) is 0 Å². The van der Waals surface area contributed by atoms with Gasteiger partial charge in [-0.15, -0.1) is 11.7 Å². The summed E-state index contributed by atoms with van der Waals surface area (Å²) in [6, 6.07) is 0.400. The van der Waals surface area contributed by atoms with Gasteiger partial charge in [-0.25, -0.2) is 0 Å². The van der Waals surface area contributed by atoms with Gasteiger partial charge < -0.3 is 5.32 Å². The average Bonchev–Trinajstić information content (AvgIpc) is 2.77. The number of hydrogen-bond donors (Lipinski definition) is 1. The predicted molar refractivity (Wildman–Crippen MR) is 74.5 cm³/mol. The molecule has 1 heterocycles. The van der Waals surface area contributed by atoms with Crippen molar-refractivity contribution in [3.63, 3.8) is 0 Å². The maximum Gasteiger partial charge on any atom is 0.0829 e. The summed E-state index contributed by atoms with van der Waals surface area (Å²) in [7, 11) is 0. The standard InChI is InChI=1S/C13H23N3S/c1-5-7-8-9-11(14-6-2)13-12(10(3)4)15-16-17-13/h5,10-11,14H,1,6-9H2,2-4H3. The van der Waals surface area contributed by atoms with Crippen LogP contribution in [0.25, 0.3) is 0 Å². The van der Waals surface area contributed by atoms with Crippen molar-refractivity contribution in [3.8, 4) is 0 Å². The molecule has 3 nitrogen and oxygen atoms in total. The molecule has 1 rings (SSSR count). The first-order valence-corrected chi connectivity index (χ1v) is 7.14. The lowest BCUT2D eigenvalue weighted by Gasteiger charge is -2.17. The van der Waals surface area contributed by atoms with Crippen LogP contribution in [0.15, 0.2) is 12.7 Å². The van der Waals surface area contributed by atoms with Crippen LogP contribution in [-0.4, -0.2) is 16.1 Å². The van der Waals surface area contributed by atoms with E-state index in [0.29, 0.717) is 12.0 Å². The van der Waals surface area contributed by atoms with E-state index in [1.165, 1.54) is 16.4 Å². The number of unbranched alkanes of at least 4 members (excludes halogenated alkanes) is 1. The quantitative estimate of drug-likeness (QED) is 0.567. The van der Waals surface area contributed by atoms with Gasteiger partial charge in [0.2, 0.25) is 0 Å². The molecule has 0 aliphatic carbocycles. The fraction of sp³-hybridized carbons (Fsp3) is 0.692. The number of hydrogen-bond acceptors (Lipinski definition) is 4. The molecule has 0 aromatic carbocycles. The summed E-state index contributed by atoms with van der Waals surface area (Å²) >= 11 is 1.53. The van der Waals surface area contributed by atoms with Crippen molar-refractivity contribution in [2.24, 2.45) is 0 Å². The molecule has 0 fully saturated rings. The van der Waals surface area contributed by atoms with Crippen molar-refractivity contribution in [1.82, 2.24) is 14.9 Å². The highest BCUT2D eigenvalue weighted by atomic mass is 32.1. The third-order valence-corrected chi connectivity index (χ3v) is 3.61. The molecular formula is C13H23N3S. The maximum absolute atomic E-state index is 4.26. The molecule has 0 aliphatic heterocycles. The van der Waals surface area contributed by atoms with Crippen LogP contribution < -0.4 is 5.32 Å². The molecule has 0 radical (unpaired) electrons. The Bertz CT molecular complexity index is 333. The molecular weight excluding hydrogens is 230 g/mol. The van der Waals surface area contributed by atoms with Gasteiger partial charge in [0.05, 0.1) is 10.6 Å². The highest BCUT2D eigenvalue weighted by molar-refractivity contribution is 7.05. The maximum atomic E-state index is 4.26. The van der Waals surface area contributed by atoms with Crippen LogP contribution in [0.4, 0.5) is 0 Å². The van der Waals surface area contributed by atoms with Crippen LogP contribution in [0.3, 0.4) is 0 Å². The molecule has 0 bridgehead atoms. The molecule has 0 aliphatic rings. The number of allylic oxidation sites excluding steroid dienone is 1. The summed E-state index contributed by atoms with van der Waals surface area (Å²) in [5.41, 5.74) is 1.15. The number of aromatic nitrogens is 2. The van der Waals surface area contributed by atoms with Crippen molar-refractivity contribution in [3.05, 3.63) is 23.2 Å². The Hall–Kier alpha value is -0.740. The van der Waals surface area contributed by atoms with Gasteiger partial charge in [0, 0.05) is 6.04 Å². The van der Waals surface area contributed by atoms with Gasteiger partial charge in [-0.1, -0.05) is 31.3 Å². The van der Waals surface area contributed by atoms with Gasteiger partial charge in [-0.2, -0.15) is 0 Å². The van der Waals surface area contributed by atoms with E-state index in [1.807, 2.05) is 6.08 Å². The van der Waals surface area contributed by atoms with Gasteiger partial charge in [-0.3, -0.25) is 0 Å². The first-order chi connectivity index (χ1) is 8.20. The molecule has 0 spiro atoms. The molecule has 0 saturated heterocycles. The van der Waals surface area contributed by atoms with Crippen LogP contribution >= 0.6 is 11.5 Å². The molecule has 17 heavy (non-hydrogen) atoms. The fourth-order valence-electron chi connectivity index (χ4n) is 1.89. The lowest BCUT2D eigenvalue weighted by Crippen LogP contribution is -2.21. The van der Waals surface area contributed by atoms with Gasteiger partial charge in [-0.05, 0) is 43.3 Å². The Morgan fingerprint density at radius 2 is 2.24 bits per heavy atom. The van der Waals surface area contributed by atoms with Crippen molar-refractivity contribution in [2.75, 3.05) is 6.54 Å². The summed E-state index contributed by atoms with van der Waals surface area (Å²) in [4.78, 5) is 1.31.